The average Bonchev–Trinajstić information content (AvgIpc) is 1.71. The first-order chi connectivity index (χ1) is 53.3. The second-order valence-electron chi connectivity index (χ2n) is 29.9. The Bertz CT molecular complexity index is 3800. The number of primary amides is 2. The van der Waals surface area contributed by atoms with Crippen LogP contribution in [0.4, 0.5) is 0 Å². The summed E-state index contributed by atoms with van der Waals surface area (Å²) < 4.78 is 0. The number of H-pyrrole nitrogens is 2. The van der Waals surface area contributed by atoms with Gasteiger partial charge in [0.05, 0.1) is 51.6 Å². The third kappa shape index (κ3) is 31.6. The molecular formula is C76H116N20O17. The number of amides is 11. The number of imidazole rings is 1. The lowest BCUT2D eigenvalue weighted by Gasteiger charge is -2.34. The highest BCUT2D eigenvalue weighted by atomic mass is 16.4. The molecule has 0 saturated carbocycles. The fraction of sp³-hybridized carbons (Fsp3) is 0.592. The predicted octanol–water partition coefficient (Wildman–Crippen LogP) is -2.94. The van der Waals surface area contributed by atoms with Gasteiger partial charge in [-0.15, -0.1) is 0 Å². The zero-order valence-corrected chi connectivity index (χ0v) is 64.4. The van der Waals surface area contributed by atoms with Crippen molar-refractivity contribution in [2.45, 2.75) is 161 Å². The van der Waals surface area contributed by atoms with Crippen molar-refractivity contribution < 1.29 is 82.4 Å². The van der Waals surface area contributed by atoms with Gasteiger partial charge in [0.15, 0.2) is 0 Å². The molecule has 5 heterocycles. The van der Waals surface area contributed by atoms with Crippen LogP contribution in [0.5, 0.6) is 0 Å². The number of carbonyl (C=O) groups is 14. The fourth-order valence-corrected chi connectivity index (χ4v) is 14.1. The number of piperidine rings is 1. The zero-order valence-electron chi connectivity index (χ0n) is 64.4. The first-order valence-corrected chi connectivity index (χ1v) is 38.2. The number of nitrogens with two attached hydrogens (primary N) is 2. The van der Waals surface area contributed by atoms with Crippen LogP contribution < -0.4 is 59.3 Å². The van der Waals surface area contributed by atoms with E-state index in [4.69, 9.17) is 11.5 Å². The normalized spacial score (nSPS) is 17.9. The maximum Gasteiger partial charge on any atom is 0.317 e. The number of nitrogens with zero attached hydrogens (tertiary/aromatic N) is 7. The van der Waals surface area contributed by atoms with E-state index in [-0.39, 0.29) is 136 Å². The van der Waals surface area contributed by atoms with Gasteiger partial charge in [-0.3, -0.25) is 96.5 Å². The number of fused-ring (bicyclic) bond motifs is 1. The number of aliphatic carboxylic acids is 3. The van der Waals surface area contributed by atoms with E-state index in [1.165, 1.54) is 19.4 Å². The minimum Gasteiger partial charge on any atom is -0.480 e. The largest absolute Gasteiger partial charge is 0.480 e. The summed E-state index contributed by atoms with van der Waals surface area (Å²) in [5, 5.41) is 54.5. The molecule has 0 aliphatic carbocycles. The molecule has 0 radical (unpaired) electrons. The number of hydrogen-bond donors (Lipinski definition) is 16. The van der Waals surface area contributed by atoms with Gasteiger partial charge < -0.3 is 84.6 Å². The van der Waals surface area contributed by atoms with Crippen molar-refractivity contribution in [3.05, 3.63) is 90.1 Å². The second kappa shape index (κ2) is 45.9. The number of para-hydroxylation sites is 1. The van der Waals surface area contributed by atoms with E-state index in [1.807, 2.05) is 28.5 Å². The summed E-state index contributed by atoms with van der Waals surface area (Å²) >= 11 is 0. The van der Waals surface area contributed by atoms with Crippen LogP contribution in [0.2, 0.25) is 0 Å². The summed E-state index contributed by atoms with van der Waals surface area (Å²) in [6.07, 6.45) is 6.42. The summed E-state index contributed by atoms with van der Waals surface area (Å²) in [5.41, 5.74) is 13.8. The van der Waals surface area contributed by atoms with Gasteiger partial charge >= 0.3 is 17.9 Å². The molecule has 3 aliphatic heterocycles. The van der Waals surface area contributed by atoms with Crippen LogP contribution in [0.25, 0.3) is 10.9 Å². The van der Waals surface area contributed by atoms with Crippen LogP contribution in [-0.2, 0) is 86.4 Å². The predicted molar refractivity (Wildman–Crippen MR) is 416 cm³/mol. The van der Waals surface area contributed by atoms with E-state index in [2.05, 4.69) is 62.8 Å². The van der Waals surface area contributed by atoms with Gasteiger partial charge in [0.2, 0.25) is 65.0 Å². The van der Waals surface area contributed by atoms with Gasteiger partial charge in [-0.05, 0) is 81.0 Å². The number of carbonyl (C=O) groups excluding carboxylic acids is 11. The highest BCUT2D eigenvalue weighted by Gasteiger charge is 2.37. The highest BCUT2D eigenvalue weighted by molar-refractivity contribution is 5.98. The number of aromatic nitrogens is 3. The Morgan fingerprint density at radius 3 is 1.62 bits per heavy atom. The Morgan fingerprint density at radius 1 is 0.531 bits per heavy atom. The van der Waals surface area contributed by atoms with E-state index in [0.29, 0.717) is 79.6 Å². The Labute approximate surface area is 657 Å². The molecule has 37 nitrogen and oxygen atoms in total. The van der Waals surface area contributed by atoms with Crippen molar-refractivity contribution in [3.63, 3.8) is 0 Å². The standard InChI is InChI=1S/C75H112N20O17.CH4/c1-46(2)32-53(39-95-21-11-16-60(95)69(77)106)84-73(110)59(35-52-37-78-45-81-52)85-62(97)38-80-75(112)68(47(3)4)89-70(107)48(5)82-72(109)58(34-50-36-79-55-15-10-9-14-54(50)55)88-71(108)56(17-18-61(76)96)87-74(111)57(33-49-12-7-6-8-13-49)86-64(99)41-90-22-19-51(20-23-90)83-63(98)40-91-24-26-92(42-65(100)101)28-30-94(44-67(104)105)31-29-93(27-25-91)43-66(102)103;/h6-10,12-15,36-37,45-48,51,53,56-60,68,79H,11,16-35,38-44H2,1-5H3,(H2,76,96)(H2,77,106)(H,78,81)(H,80,112)(H,82,109)(H,83,98)(H,84,110)(H,85,97)(H,86,99)(H,87,111)(H,88,108)(H,89,107)(H,100,101)(H,102,103)(H,104,105);1H4/t48-,53-,56-,57+,58-,59-,60-,68-;/m0./s1. The number of carboxylic acids is 3. The minimum atomic E-state index is -1.54. The number of likely N-dealkylation sites (tertiary alicyclic amines) is 2. The van der Waals surface area contributed by atoms with Crippen LogP contribution >= 0.6 is 0 Å². The molecule has 113 heavy (non-hydrogen) atoms. The maximum atomic E-state index is 14.8. The van der Waals surface area contributed by atoms with E-state index in [0.717, 1.165) is 6.42 Å². The smallest absolute Gasteiger partial charge is 0.317 e. The van der Waals surface area contributed by atoms with Crippen LogP contribution in [0.1, 0.15) is 104 Å². The first kappa shape index (κ1) is 91.4. The van der Waals surface area contributed by atoms with Crippen LogP contribution in [0.15, 0.2) is 73.3 Å². The summed E-state index contributed by atoms with van der Waals surface area (Å²) in [7, 11) is 0. The van der Waals surface area contributed by atoms with Gasteiger partial charge in [0.1, 0.15) is 36.3 Å². The topological polar surface area (TPSA) is 524 Å². The molecule has 8 atom stereocenters. The molecular weight excluding hydrogens is 1460 g/mol. The second-order valence-corrected chi connectivity index (χ2v) is 29.9. The molecule has 11 amide bonds. The van der Waals surface area contributed by atoms with Crippen LogP contribution in [-0.4, -0.2) is 315 Å². The molecule has 18 N–H and O–H groups in total. The Hall–Kier alpha value is -10.5. The van der Waals surface area contributed by atoms with Crippen molar-refractivity contribution >= 4 is 93.8 Å². The van der Waals surface area contributed by atoms with Crippen molar-refractivity contribution in [2.75, 3.05) is 118 Å². The summed E-state index contributed by atoms with van der Waals surface area (Å²) in [6, 6.07) is 6.66. The molecule has 3 saturated heterocycles. The Morgan fingerprint density at radius 2 is 1.05 bits per heavy atom. The quantitative estimate of drug-likeness (QED) is 0.0211. The average molecular weight is 1580 g/mol. The van der Waals surface area contributed by atoms with Crippen LogP contribution in [0, 0.1) is 11.8 Å². The lowest BCUT2D eigenvalue weighted by atomic mass is 10.0. The third-order valence-electron chi connectivity index (χ3n) is 20.0. The maximum absolute atomic E-state index is 14.8. The molecule has 37 heteroatoms. The zero-order chi connectivity index (χ0) is 81.6. The van der Waals surface area contributed by atoms with Crippen LogP contribution in [0.3, 0.4) is 0 Å². The summed E-state index contributed by atoms with van der Waals surface area (Å²) in [6.45, 7) is 10.4. The monoisotopic (exact) mass is 1580 g/mol. The van der Waals surface area contributed by atoms with E-state index >= 15 is 0 Å². The molecule has 2 aromatic heterocycles. The number of benzene rings is 2. The molecule has 0 unspecified atom stereocenters. The number of hydrogen-bond acceptors (Lipinski definition) is 21. The Kier molecular flexibility index (Phi) is 37.1. The van der Waals surface area contributed by atoms with Gasteiger partial charge in [0.25, 0.3) is 0 Å². The molecule has 0 spiro atoms. The lowest BCUT2D eigenvalue weighted by Crippen LogP contribution is -2.60. The number of rotatable bonds is 41. The molecule has 2 aromatic carbocycles. The van der Waals surface area contributed by atoms with Crippen molar-refractivity contribution in [1.29, 1.82) is 0 Å². The summed E-state index contributed by atoms with van der Waals surface area (Å²) in [5.74, 6) is -11.2. The number of carboxylic acid groups (broad SMARTS) is 3. The number of aromatic amines is 2. The van der Waals surface area contributed by atoms with Crippen molar-refractivity contribution in [1.82, 2.24) is 92.2 Å². The van der Waals surface area contributed by atoms with Gasteiger partial charge in [0, 0.05) is 139 Å². The minimum absolute atomic E-state index is 0. The van der Waals surface area contributed by atoms with Gasteiger partial charge in [-0.2, -0.15) is 0 Å². The molecule has 7 rings (SSSR count). The first-order valence-electron chi connectivity index (χ1n) is 38.2. The Balaban J connectivity index is 0.0000199. The van der Waals surface area contributed by atoms with Crippen molar-refractivity contribution in [2.24, 2.45) is 23.3 Å². The molecule has 622 valence electrons. The highest BCUT2D eigenvalue weighted by Crippen LogP contribution is 2.22. The van der Waals surface area contributed by atoms with E-state index in [9.17, 15) is 82.4 Å². The van der Waals surface area contributed by atoms with E-state index in [1.54, 1.807) is 89.3 Å². The molecule has 4 aromatic rings. The molecule has 3 aliphatic rings. The lowest BCUT2D eigenvalue weighted by molar-refractivity contribution is -0.140. The fourth-order valence-electron chi connectivity index (χ4n) is 14.1. The third-order valence-corrected chi connectivity index (χ3v) is 20.0. The summed E-state index contributed by atoms with van der Waals surface area (Å²) in [4.78, 5) is 208. The van der Waals surface area contributed by atoms with Crippen molar-refractivity contribution in [3.8, 4) is 0 Å². The molecule has 0 bridgehead atoms. The van der Waals surface area contributed by atoms with Gasteiger partial charge in [-0.1, -0.05) is 83.7 Å². The van der Waals surface area contributed by atoms with Gasteiger partial charge in [-0.25, -0.2) is 4.98 Å². The van der Waals surface area contributed by atoms with E-state index < -0.39 is 144 Å². The molecule has 3 fully saturated rings. The SMILES string of the molecule is C.CC(C)C[C@@H](CN1CCC[C@H]1C(N)=O)NC(=O)[C@H](Cc1cnc[nH]1)NC(=O)CNC(=O)[C@@H](NC(=O)[C@H](C)NC(=O)[C@H](Cc1c[nH]c2ccccc12)NC(=O)[C@H](CCC(N)=O)NC(=O)[C@@H](Cc1ccccc1)NC(=O)CN1CCC(NC(=O)CN2CCN(CC(=O)O)CCN(CC(=O)O)CCN(CC(=O)O)CC2)CC1)C(C)C. The number of nitrogens with one attached hydrogen (secondary N) is 11.